The molecule has 0 heterocycles. The number of amides is 3. The molecule has 0 aromatic heterocycles. The first kappa shape index (κ1) is 28.8. The van der Waals surface area contributed by atoms with Gasteiger partial charge in [0.15, 0.2) is 0 Å². The topological polar surface area (TPSA) is 208 Å². The largest absolute Gasteiger partial charge is 0.508 e. The Morgan fingerprint density at radius 3 is 1.86 bits per heavy atom. The van der Waals surface area contributed by atoms with Crippen LogP contribution in [0, 0.1) is 0 Å². The van der Waals surface area contributed by atoms with Gasteiger partial charge in [-0.3, -0.25) is 24.0 Å². The predicted molar refractivity (Wildman–Crippen MR) is 131 cm³/mol. The van der Waals surface area contributed by atoms with Crippen molar-refractivity contribution >= 4 is 29.7 Å². The van der Waals surface area contributed by atoms with E-state index in [1.54, 1.807) is 42.5 Å². The summed E-state index contributed by atoms with van der Waals surface area (Å²) in [6.07, 6.45) is -0.743. The van der Waals surface area contributed by atoms with Gasteiger partial charge in [-0.2, -0.15) is 0 Å². The summed E-state index contributed by atoms with van der Waals surface area (Å²) in [6, 6.07) is 9.38. The fourth-order valence-electron chi connectivity index (χ4n) is 3.35. The molecule has 0 saturated carbocycles. The minimum absolute atomic E-state index is 0.0150. The summed E-state index contributed by atoms with van der Waals surface area (Å²) in [7, 11) is 0. The van der Waals surface area contributed by atoms with Crippen molar-refractivity contribution < 1.29 is 39.3 Å². The third-order valence-electron chi connectivity index (χ3n) is 5.39. The second kappa shape index (κ2) is 13.6. The second-order valence-electron chi connectivity index (χ2n) is 8.46. The van der Waals surface area contributed by atoms with E-state index in [1.165, 1.54) is 19.1 Å². The second-order valence-corrected chi connectivity index (χ2v) is 8.46. The molecule has 4 unspecified atom stereocenters. The average Bonchev–Trinajstić information content (AvgIpc) is 2.84. The Labute approximate surface area is 212 Å². The number of hydrogen-bond donors (Lipinski definition) is 7. The summed E-state index contributed by atoms with van der Waals surface area (Å²) in [5.41, 5.74) is 7.21. The maximum atomic E-state index is 13.0. The number of phenolic OH excluding ortho intramolecular Hbond substituents is 1. The van der Waals surface area contributed by atoms with Gasteiger partial charge < -0.3 is 37.0 Å². The molecule has 0 aliphatic rings. The normalized spacial score (nSPS) is 13.9. The molecule has 0 saturated heterocycles. The summed E-state index contributed by atoms with van der Waals surface area (Å²) in [4.78, 5) is 61.0. The Balaban J connectivity index is 2.16. The van der Waals surface area contributed by atoms with E-state index >= 15 is 0 Å². The van der Waals surface area contributed by atoms with Crippen LogP contribution in [-0.4, -0.2) is 69.1 Å². The van der Waals surface area contributed by atoms with Crippen molar-refractivity contribution in [1.82, 2.24) is 16.0 Å². The number of phenols is 1. The molecule has 0 aliphatic carbocycles. The van der Waals surface area contributed by atoms with Crippen molar-refractivity contribution in [2.45, 2.75) is 50.4 Å². The number of nitrogens with one attached hydrogen (secondary N) is 3. The Bertz CT molecular complexity index is 1110. The Morgan fingerprint density at radius 2 is 1.30 bits per heavy atom. The molecule has 37 heavy (non-hydrogen) atoms. The highest BCUT2D eigenvalue weighted by molar-refractivity contribution is 5.95. The Morgan fingerprint density at radius 1 is 0.757 bits per heavy atom. The van der Waals surface area contributed by atoms with E-state index < -0.39 is 60.2 Å². The molecule has 2 rings (SSSR count). The van der Waals surface area contributed by atoms with Crippen LogP contribution in [0.2, 0.25) is 0 Å². The average molecular weight is 515 g/mol. The van der Waals surface area contributed by atoms with Gasteiger partial charge in [-0.1, -0.05) is 42.5 Å². The van der Waals surface area contributed by atoms with Gasteiger partial charge in [0.1, 0.15) is 23.9 Å². The number of aromatic hydroxyl groups is 1. The zero-order chi connectivity index (χ0) is 27.5. The first-order valence-electron chi connectivity index (χ1n) is 11.4. The van der Waals surface area contributed by atoms with E-state index in [4.69, 9.17) is 10.8 Å². The summed E-state index contributed by atoms with van der Waals surface area (Å²) in [6.45, 7) is 1.25. The first-order chi connectivity index (χ1) is 17.5. The number of nitrogens with two attached hydrogens (primary N) is 1. The van der Waals surface area contributed by atoms with Gasteiger partial charge >= 0.3 is 11.9 Å². The smallest absolute Gasteiger partial charge is 0.325 e. The number of aliphatic carboxylic acids is 2. The molecule has 8 N–H and O–H groups in total. The lowest BCUT2D eigenvalue weighted by Gasteiger charge is -2.24. The van der Waals surface area contributed by atoms with Crippen LogP contribution in [0.15, 0.2) is 54.6 Å². The van der Waals surface area contributed by atoms with Crippen LogP contribution < -0.4 is 21.7 Å². The quantitative estimate of drug-likeness (QED) is 0.184. The SMILES string of the molecule is CC(NC(=O)C(Cc1ccccc1)NC(=O)C(CC(=O)O)NC(=O)C(N)Cc1ccc(O)cc1)C(=O)O. The first-order valence-corrected chi connectivity index (χ1v) is 11.4. The van der Waals surface area contributed by atoms with Gasteiger partial charge in [-0.05, 0) is 36.6 Å². The fraction of sp³-hybridized carbons (Fsp3) is 0.320. The molecule has 0 fully saturated rings. The minimum atomic E-state index is -1.56. The number of hydrogen-bond acceptors (Lipinski definition) is 7. The highest BCUT2D eigenvalue weighted by Gasteiger charge is 2.31. The standard InChI is InChI=1S/C25H30N4O8/c1-14(25(36)37)27-23(34)19(12-15-5-3-2-4-6-15)29-24(35)20(13-21(31)32)28-22(33)18(26)11-16-7-9-17(30)10-8-16/h2-10,14,18-20,30H,11-13,26H2,1H3,(H,27,34)(H,28,33)(H,29,35)(H,31,32)(H,36,37). The van der Waals surface area contributed by atoms with Crippen LogP contribution in [0.25, 0.3) is 0 Å². The third kappa shape index (κ3) is 9.61. The van der Waals surface area contributed by atoms with Gasteiger partial charge in [0.25, 0.3) is 0 Å². The van der Waals surface area contributed by atoms with Gasteiger partial charge in [0.05, 0.1) is 12.5 Å². The van der Waals surface area contributed by atoms with Crippen LogP contribution in [-0.2, 0) is 36.8 Å². The number of carboxylic acid groups (broad SMARTS) is 2. The molecule has 0 radical (unpaired) electrons. The van der Waals surface area contributed by atoms with E-state index in [-0.39, 0.29) is 18.6 Å². The maximum Gasteiger partial charge on any atom is 0.325 e. The van der Waals surface area contributed by atoms with E-state index in [0.717, 1.165) is 0 Å². The molecule has 12 heteroatoms. The number of carboxylic acids is 2. The van der Waals surface area contributed by atoms with Gasteiger partial charge in [-0.25, -0.2) is 0 Å². The van der Waals surface area contributed by atoms with Crippen molar-refractivity contribution in [2.75, 3.05) is 0 Å². The van der Waals surface area contributed by atoms with Crippen molar-refractivity contribution in [3.8, 4) is 5.75 Å². The molecular formula is C25H30N4O8. The van der Waals surface area contributed by atoms with E-state index in [2.05, 4.69) is 16.0 Å². The number of benzene rings is 2. The zero-order valence-electron chi connectivity index (χ0n) is 20.1. The molecule has 12 nitrogen and oxygen atoms in total. The summed E-state index contributed by atoms with van der Waals surface area (Å²) < 4.78 is 0. The third-order valence-corrected chi connectivity index (χ3v) is 5.39. The van der Waals surface area contributed by atoms with Crippen LogP contribution >= 0.6 is 0 Å². The van der Waals surface area contributed by atoms with E-state index in [0.29, 0.717) is 11.1 Å². The zero-order valence-corrected chi connectivity index (χ0v) is 20.1. The molecule has 2 aromatic rings. The van der Waals surface area contributed by atoms with Gasteiger partial charge in [0.2, 0.25) is 17.7 Å². The molecule has 3 amide bonds. The molecule has 0 aliphatic heterocycles. The molecular weight excluding hydrogens is 484 g/mol. The Hall–Kier alpha value is -4.45. The van der Waals surface area contributed by atoms with Crippen LogP contribution in [0.1, 0.15) is 24.5 Å². The monoisotopic (exact) mass is 514 g/mol. The van der Waals surface area contributed by atoms with Crippen molar-refractivity contribution in [1.29, 1.82) is 0 Å². The number of carbonyl (C=O) groups is 5. The number of rotatable bonds is 13. The fourth-order valence-corrected chi connectivity index (χ4v) is 3.35. The summed E-state index contributed by atoms with van der Waals surface area (Å²) in [5, 5.41) is 34.8. The van der Waals surface area contributed by atoms with Crippen LogP contribution in [0.4, 0.5) is 0 Å². The Kier molecular flexibility index (Phi) is 10.6. The van der Waals surface area contributed by atoms with Crippen molar-refractivity contribution in [3.05, 3.63) is 65.7 Å². The lowest BCUT2D eigenvalue weighted by molar-refractivity contribution is -0.143. The maximum absolute atomic E-state index is 13.0. The lowest BCUT2D eigenvalue weighted by Crippen LogP contribution is -2.58. The van der Waals surface area contributed by atoms with Gasteiger partial charge in [0, 0.05) is 6.42 Å². The summed E-state index contributed by atoms with van der Waals surface area (Å²) in [5.74, 6) is -5.17. The van der Waals surface area contributed by atoms with E-state index in [1.807, 2.05) is 0 Å². The van der Waals surface area contributed by atoms with Crippen molar-refractivity contribution in [2.24, 2.45) is 5.73 Å². The molecule has 0 bridgehead atoms. The molecule has 0 spiro atoms. The summed E-state index contributed by atoms with van der Waals surface area (Å²) >= 11 is 0. The van der Waals surface area contributed by atoms with Crippen LogP contribution in [0.3, 0.4) is 0 Å². The number of carbonyl (C=O) groups excluding carboxylic acids is 3. The highest BCUT2D eigenvalue weighted by atomic mass is 16.4. The van der Waals surface area contributed by atoms with E-state index in [9.17, 15) is 34.2 Å². The molecule has 198 valence electrons. The van der Waals surface area contributed by atoms with Crippen LogP contribution in [0.5, 0.6) is 5.75 Å². The van der Waals surface area contributed by atoms with Gasteiger partial charge in [-0.15, -0.1) is 0 Å². The minimum Gasteiger partial charge on any atom is -0.508 e. The molecule has 2 aromatic carbocycles. The predicted octanol–water partition coefficient (Wildman–Crippen LogP) is -0.462. The lowest BCUT2D eigenvalue weighted by atomic mass is 10.0. The highest BCUT2D eigenvalue weighted by Crippen LogP contribution is 2.11. The van der Waals surface area contributed by atoms with Crippen molar-refractivity contribution in [3.63, 3.8) is 0 Å². The molecule has 4 atom stereocenters.